The molecule has 0 heterocycles. The molecule has 0 spiro atoms. The van der Waals surface area contributed by atoms with Gasteiger partial charge in [-0.2, -0.15) is 0 Å². The fourth-order valence-electron chi connectivity index (χ4n) is 2.23. The average Bonchev–Trinajstić information content (AvgIpc) is 2.44. The Balaban J connectivity index is 2.45. The third-order valence-corrected chi connectivity index (χ3v) is 3.35. The number of hydrogen-bond donors (Lipinski definition) is 1. The lowest BCUT2D eigenvalue weighted by molar-refractivity contribution is 0.579. The Labute approximate surface area is 122 Å². The Morgan fingerprint density at radius 1 is 0.952 bits per heavy atom. The number of hydrogen-bond acceptors (Lipinski definition) is 1. The van der Waals surface area contributed by atoms with Crippen LogP contribution >= 0.6 is 0 Å². The lowest BCUT2D eigenvalue weighted by Gasteiger charge is -2.13. The van der Waals surface area contributed by atoms with E-state index < -0.39 is 11.6 Å². The molecule has 1 nitrogen and oxygen atoms in total. The van der Waals surface area contributed by atoms with E-state index in [0.29, 0.717) is 28.8 Å². The van der Waals surface area contributed by atoms with Crippen molar-refractivity contribution in [1.29, 1.82) is 0 Å². The first kappa shape index (κ1) is 15.6. The van der Waals surface area contributed by atoms with Crippen molar-refractivity contribution < 1.29 is 13.2 Å². The standard InChI is InChI=1S/C17H18F3N/c1-3-6-21-10-12-8-13(18)4-5-14(12)15-7-11(2)16(19)9-17(15)20/h4-5,7-9,21H,3,6,10H2,1-2H3. The van der Waals surface area contributed by atoms with E-state index in [1.54, 1.807) is 6.92 Å². The van der Waals surface area contributed by atoms with E-state index in [-0.39, 0.29) is 5.82 Å². The van der Waals surface area contributed by atoms with Crippen LogP contribution in [0.4, 0.5) is 13.2 Å². The molecule has 2 rings (SSSR count). The van der Waals surface area contributed by atoms with Crippen molar-refractivity contribution in [3.63, 3.8) is 0 Å². The maximum atomic E-state index is 14.0. The summed E-state index contributed by atoms with van der Waals surface area (Å²) in [6.45, 7) is 4.84. The van der Waals surface area contributed by atoms with E-state index in [1.165, 1.54) is 24.3 Å². The zero-order valence-corrected chi connectivity index (χ0v) is 12.1. The van der Waals surface area contributed by atoms with E-state index >= 15 is 0 Å². The molecule has 21 heavy (non-hydrogen) atoms. The second-order valence-corrected chi connectivity index (χ2v) is 5.06. The first-order chi connectivity index (χ1) is 10.0. The van der Waals surface area contributed by atoms with Gasteiger partial charge in [-0.25, -0.2) is 13.2 Å². The Hall–Kier alpha value is -1.81. The molecule has 2 aromatic carbocycles. The Morgan fingerprint density at radius 3 is 2.43 bits per heavy atom. The molecular formula is C17H18F3N. The van der Waals surface area contributed by atoms with Crippen molar-refractivity contribution in [3.05, 3.63) is 58.9 Å². The highest BCUT2D eigenvalue weighted by atomic mass is 19.1. The van der Waals surface area contributed by atoms with E-state index in [0.717, 1.165) is 19.0 Å². The highest BCUT2D eigenvalue weighted by Crippen LogP contribution is 2.29. The van der Waals surface area contributed by atoms with E-state index in [1.807, 2.05) is 6.92 Å². The van der Waals surface area contributed by atoms with Gasteiger partial charge in [0.05, 0.1) is 0 Å². The molecule has 0 aliphatic carbocycles. The van der Waals surface area contributed by atoms with Crippen LogP contribution in [-0.2, 0) is 6.54 Å². The predicted octanol–water partition coefficient (Wildman–Crippen LogP) is 4.58. The van der Waals surface area contributed by atoms with Gasteiger partial charge in [-0.1, -0.05) is 13.0 Å². The van der Waals surface area contributed by atoms with Gasteiger partial charge in [-0.15, -0.1) is 0 Å². The van der Waals surface area contributed by atoms with E-state index in [2.05, 4.69) is 5.32 Å². The van der Waals surface area contributed by atoms with Crippen LogP contribution in [0.1, 0.15) is 24.5 Å². The largest absolute Gasteiger partial charge is 0.313 e. The molecule has 0 radical (unpaired) electrons. The number of nitrogens with one attached hydrogen (secondary N) is 1. The van der Waals surface area contributed by atoms with Crippen LogP contribution in [0.3, 0.4) is 0 Å². The average molecular weight is 293 g/mol. The molecule has 4 heteroatoms. The minimum absolute atomic E-state index is 0.294. The number of rotatable bonds is 5. The van der Waals surface area contributed by atoms with Crippen LogP contribution in [0, 0.1) is 24.4 Å². The summed E-state index contributed by atoms with van der Waals surface area (Å²) >= 11 is 0. The summed E-state index contributed by atoms with van der Waals surface area (Å²) in [5.74, 6) is -1.59. The SMILES string of the molecule is CCCNCc1cc(F)ccc1-c1cc(C)c(F)cc1F. The second kappa shape index (κ2) is 6.76. The molecule has 0 fully saturated rings. The quantitative estimate of drug-likeness (QED) is 0.796. The van der Waals surface area contributed by atoms with Crippen molar-refractivity contribution in [3.8, 4) is 11.1 Å². The fraction of sp³-hybridized carbons (Fsp3) is 0.294. The third-order valence-electron chi connectivity index (χ3n) is 3.35. The van der Waals surface area contributed by atoms with Crippen molar-refractivity contribution >= 4 is 0 Å². The maximum absolute atomic E-state index is 14.0. The van der Waals surface area contributed by atoms with Gasteiger partial charge in [-0.05, 0) is 54.8 Å². The molecule has 0 atom stereocenters. The molecule has 0 amide bonds. The molecular weight excluding hydrogens is 275 g/mol. The summed E-state index contributed by atoms with van der Waals surface area (Å²) in [6.07, 6.45) is 0.953. The van der Waals surface area contributed by atoms with E-state index in [4.69, 9.17) is 0 Å². The second-order valence-electron chi connectivity index (χ2n) is 5.06. The van der Waals surface area contributed by atoms with Gasteiger partial charge in [0.2, 0.25) is 0 Å². The summed E-state index contributed by atoms with van der Waals surface area (Å²) in [4.78, 5) is 0. The Morgan fingerprint density at radius 2 is 1.71 bits per heavy atom. The van der Waals surface area contributed by atoms with Gasteiger partial charge in [0, 0.05) is 18.2 Å². The fourth-order valence-corrected chi connectivity index (χ4v) is 2.23. The summed E-state index contributed by atoms with van der Waals surface area (Å²) in [5.41, 5.74) is 1.90. The van der Waals surface area contributed by atoms with Gasteiger partial charge in [-0.3, -0.25) is 0 Å². The van der Waals surface area contributed by atoms with Crippen molar-refractivity contribution in [1.82, 2.24) is 5.32 Å². The topological polar surface area (TPSA) is 12.0 Å². The normalized spacial score (nSPS) is 10.9. The lowest BCUT2D eigenvalue weighted by atomic mass is 9.97. The Bertz CT molecular complexity index is 638. The smallest absolute Gasteiger partial charge is 0.133 e. The zero-order valence-electron chi connectivity index (χ0n) is 12.1. The molecule has 0 aliphatic heterocycles. The summed E-state index contributed by atoms with van der Waals surface area (Å²) in [7, 11) is 0. The van der Waals surface area contributed by atoms with Gasteiger partial charge in [0.15, 0.2) is 0 Å². The van der Waals surface area contributed by atoms with Gasteiger partial charge in [0.1, 0.15) is 17.5 Å². The van der Waals surface area contributed by atoms with Crippen molar-refractivity contribution in [2.75, 3.05) is 6.54 Å². The number of benzene rings is 2. The molecule has 0 saturated heterocycles. The molecule has 0 bridgehead atoms. The molecule has 0 saturated carbocycles. The minimum atomic E-state index is -0.638. The van der Waals surface area contributed by atoms with Gasteiger partial charge < -0.3 is 5.32 Å². The van der Waals surface area contributed by atoms with E-state index in [9.17, 15) is 13.2 Å². The number of halogens is 3. The highest BCUT2D eigenvalue weighted by Gasteiger charge is 2.13. The number of aryl methyl sites for hydroxylation is 1. The zero-order chi connectivity index (χ0) is 15.4. The summed E-state index contributed by atoms with van der Waals surface area (Å²) < 4.78 is 40.8. The van der Waals surface area contributed by atoms with Gasteiger partial charge in [0.25, 0.3) is 0 Å². The van der Waals surface area contributed by atoms with Crippen LogP contribution in [-0.4, -0.2) is 6.54 Å². The first-order valence-corrected chi connectivity index (χ1v) is 6.98. The minimum Gasteiger partial charge on any atom is -0.313 e. The third kappa shape index (κ3) is 3.64. The predicted molar refractivity (Wildman–Crippen MR) is 78.5 cm³/mol. The van der Waals surface area contributed by atoms with Crippen molar-refractivity contribution in [2.45, 2.75) is 26.8 Å². The molecule has 0 aromatic heterocycles. The molecule has 1 N–H and O–H groups in total. The van der Waals surface area contributed by atoms with Crippen molar-refractivity contribution in [2.24, 2.45) is 0 Å². The van der Waals surface area contributed by atoms with Crippen LogP contribution in [0.2, 0.25) is 0 Å². The highest BCUT2D eigenvalue weighted by molar-refractivity contribution is 5.68. The maximum Gasteiger partial charge on any atom is 0.133 e. The monoisotopic (exact) mass is 293 g/mol. The lowest BCUT2D eigenvalue weighted by Crippen LogP contribution is -2.14. The molecule has 2 aromatic rings. The molecule has 0 aliphatic rings. The molecule has 112 valence electrons. The Kier molecular flexibility index (Phi) is 5.02. The van der Waals surface area contributed by atoms with Gasteiger partial charge >= 0.3 is 0 Å². The first-order valence-electron chi connectivity index (χ1n) is 6.98. The summed E-state index contributed by atoms with van der Waals surface area (Å²) in [5, 5.41) is 3.17. The summed E-state index contributed by atoms with van der Waals surface area (Å²) in [6, 6.07) is 6.54. The molecule has 0 unspecified atom stereocenters. The van der Waals surface area contributed by atoms with Crippen LogP contribution in [0.25, 0.3) is 11.1 Å². The van der Waals surface area contributed by atoms with Crippen LogP contribution in [0.15, 0.2) is 30.3 Å². The van der Waals surface area contributed by atoms with Crippen LogP contribution < -0.4 is 5.32 Å². The van der Waals surface area contributed by atoms with Crippen LogP contribution in [0.5, 0.6) is 0 Å².